The van der Waals surface area contributed by atoms with Crippen LogP contribution in [0.15, 0.2) is 24.5 Å². The van der Waals surface area contributed by atoms with Crippen molar-refractivity contribution < 1.29 is 9.53 Å². The molecule has 0 N–H and O–H groups in total. The molecule has 0 aliphatic carbocycles. The molecular formula is C21H30N4O2. The van der Waals surface area contributed by atoms with Gasteiger partial charge in [0.2, 0.25) is 0 Å². The van der Waals surface area contributed by atoms with Crippen molar-refractivity contribution in [1.29, 1.82) is 0 Å². The van der Waals surface area contributed by atoms with Gasteiger partial charge in [0, 0.05) is 62.6 Å². The van der Waals surface area contributed by atoms with Crippen molar-refractivity contribution in [2.75, 3.05) is 33.3 Å². The van der Waals surface area contributed by atoms with Crippen LogP contribution < -0.4 is 0 Å². The normalized spacial score (nSPS) is 16.3. The van der Waals surface area contributed by atoms with Crippen molar-refractivity contribution in [3.05, 3.63) is 52.6 Å². The molecule has 3 rings (SSSR count). The summed E-state index contributed by atoms with van der Waals surface area (Å²) < 4.78 is 7.13. The lowest BCUT2D eigenvalue weighted by molar-refractivity contribution is 0.0597. The monoisotopic (exact) mass is 370 g/mol. The molecule has 2 aromatic rings. The van der Waals surface area contributed by atoms with Crippen molar-refractivity contribution in [3.8, 4) is 0 Å². The summed E-state index contributed by atoms with van der Waals surface area (Å²) in [7, 11) is 3.47. The third-order valence-corrected chi connectivity index (χ3v) is 5.71. The van der Waals surface area contributed by atoms with E-state index in [0.717, 1.165) is 68.2 Å². The van der Waals surface area contributed by atoms with Crippen LogP contribution in [0.3, 0.4) is 0 Å². The number of pyridine rings is 1. The zero-order valence-corrected chi connectivity index (χ0v) is 16.9. The molecule has 6 heteroatoms. The Hall–Kier alpha value is -2.18. The Balaban J connectivity index is 1.69. The molecule has 146 valence electrons. The van der Waals surface area contributed by atoms with Crippen LogP contribution in [0.4, 0.5) is 0 Å². The summed E-state index contributed by atoms with van der Waals surface area (Å²) in [6.07, 6.45) is 4.84. The van der Waals surface area contributed by atoms with E-state index in [0.29, 0.717) is 0 Å². The molecule has 1 aliphatic rings. The smallest absolute Gasteiger partial charge is 0.340 e. The van der Waals surface area contributed by atoms with Gasteiger partial charge in [0.1, 0.15) is 0 Å². The van der Waals surface area contributed by atoms with Gasteiger partial charge in [-0.1, -0.05) is 0 Å². The minimum Gasteiger partial charge on any atom is -0.465 e. The molecule has 6 nitrogen and oxygen atoms in total. The Bertz CT molecular complexity index is 785. The van der Waals surface area contributed by atoms with Crippen LogP contribution in [0, 0.1) is 13.8 Å². The molecule has 0 bridgehead atoms. The third kappa shape index (κ3) is 4.39. The maximum atomic E-state index is 12.3. The molecular weight excluding hydrogens is 340 g/mol. The first kappa shape index (κ1) is 19.6. The summed E-state index contributed by atoms with van der Waals surface area (Å²) in [4.78, 5) is 21.4. The molecule has 0 saturated carbocycles. The number of nitrogens with zero attached hydrogens (tertiary/aromatic N) is 4. The van der Waals surface area contributed by atoms with Crippen molar-refractivity contribution >= 4 is 5.97 Å². The van der Waals surface area contributed by atoms with E-state index in [9.17, 15) is 4.79 Å². The second kappa shape index (κ2) is 8.67. The maximum absolute atomic E-state index is 12.3. The van der Waals surface area contributed by atoms with Crippen LogP contribution in [0.1, 0.15) is 39.3 Å². The number of carbonyl (C=O) groups is 1. The molecule has 1 fully saturated rings. The molecule has 1 saturated heterocycles. The lowest BCUT2D eigenvalue weighted by atomic mass is 10.1. The van der Waals surface area contributed by atoms with Gasteiger partial charge < -0.3 is 9.30 Å². The summed E-state index contributed by atoms with van der Waals surface area (Å²) in [6, 6.07) is 4.17. The highest BCUT2D eigenvalue weighted by Crippen LogP contribution is 2.24. The van der Waals surface area contributed by atoms with Crippen LogP contribution in [0.5, 0.6) is 0 Å². The van der Waals surface area contributed by atoms with Gasteiger partial charge in [-0.2, -0.15) is 0 Å². The quantitative estimate of drug-likeness (QED) is 0.757. The molecule has 0 radical (unpaired) electrons. The lowest BCUT2D eigenvalue weighted by Crippen LogP contribution is -2.30. The molecule has 27 heavy (non-hydrogen) atoms. The summed E-state index contributed by atoms with van der Waals surface area (Å²) >= 11 is 0. The Labute approximate surface area is 161 Å². The molecule has 3 heterocycles. The Morgan fingerprint density at radius 3 is 2.30 bits per heavy atom. The fraction of sp³-hybridized carbons (Fsp3) is 0.524. The highest BCUT2D eigenvalue weighted by atomic mass is 16.5. The van der Waals surface area contributed by atoms with Gasteiger partial charge in [0.25, 0.3) is 0 Å². The average Bonchev–Trinajstić information content (AvgIpc) is 2.84. The fourth-order valence-corrected chi connectivity index (χ4v) is 3.90. The molecule has 0 aromatic carbocycles. The predicted octanol–water partition coefficient (Wildman–Crippen LogP) is 2.53. The third-order valence-electron chi connectivity index (χ3n) is 5.71. The number of rotatable bonds is 5. The number of hydrogen-bond donors (Lipinski definition) is 0. The topological polar surface area (TPSA) is 50.6 Å². The van der Waals surface area contributed by atoms with E-state index in [1.165, 1.54) is 12.7 Å². The number of carbonyl (C=O) groups excluding carboxylic acids is 1. The minimum absolute atomic E-state index is 0.236. The first-order valence-corrected chi connectivity index (χ1v) is 9.58. The summed E-state index contributed by atoms with van der Waals surface area (Å²) in [6.45, 7) is 9.99. The van der Waals surface area contributed by atoms with Gasteiger partial charge in [-0.3, -0.25) is 14.8 Å². The van der Waals surface area contributed by atoms with E-state index in [1.807, 2.05) is 26.4 Å². The van der Waals surface area contributed by atoms with E-state index >= 15 is 0 Å². The van der Waals surface area contributed by atoms with Gasteiger partial charge in [-0.15, -0.1) is 0 Å². The molecule has 0 unspecified atom stereocenters. The standard InChI is InChI=1S/C21H30N4O2/c1-16-19(20(21(26)27-4)17(2)23(16)3)15-25-11-5-10-24(12-13-25)14-18-6-8-22-9-7-18/h6-9H,5,10-15H2,1-4H3. The van der Waals surface area contributed by atoms with E-state index in [4.69, 9.17) is 4.74 Å². The van der Waals surface area contributed by atoms with Crippen molar-refractivity contribution in [3.63, 3.8) is 0 Å². The van der Waals surface area contributed by atoms with E-state index < -0.39 is 0 Å². The second-order valence-corrected chi connectivity index (χ2v) is 7.34. The highest BCUT2D eigenvalue weighted by Gasteiger charge is 2.24. The molecule has 0 atom stereocenters. The van der Waals surface area contributed by atoms with Gasteiger partial charge in [0.15, 0.2) is 0 Å². The summed E-state index contributed by atoms with van der Waals surface area (Å²) in [5, 5.41) is 0. The Morgan fingerprint density at radius 2 is 1.67 bits per heavy atom. The molecule has 0 spiro atoms. The summed E-state index contributed by atoms with van der Waals surface area (Å²) in [5.41, 5.74) is 5.26. The molecule has 2 aromatic heterocycles. The van der Waals surface area contributed by atoms with Crippen LogP contribution in [-0.4, -0.2) is 58.6 Å². The SMILES string of the molecule is COC(=O)c1c(CN2CCCN(Cc3ccncc3)CC2)c(C)n(C)c1C. The first-order valence-electron chi connectivity index (χ1n) is 9.58. The van der Waals surface area contributed by atoms with Crippen LogP contribution in [0.2, 0.25) is 0 Å². The van der Waals surface area contributed by atoms with Crippen molar-refractivity contribution in [2.45, 2.75) is 33.4 Å². The number of methoxy groups -OCH3 is 1. The van der Waals surface area contributed by atoms with Gasteiger partial charge in [-0.05, 0) is 51.1 Å². The fourth-order valence-electron chi connectivity index (χ4n) is 3.90. The molecule has 0 amide bonds. The number of aromatic nitrogens is 2. The van der Waals surface area contributed by atoms with Crippen molar-refractivity contribution in [1.82, 2.24) is 19.4 Å². The van der Waals surface area contributed by atoms with E-state index in [1.54, 1.807) is 0 Å². The van der Waals surface area contributed by atoms with Crippen LogP contribution >= 0.6 is 0 Å². The van der Waals surface area contributed by atoms with Gasteiger partial charge in [0.05, 0.1) is 12.7 Å². The number of esters is 1. The lowest BCUT2D eigenvalue weighted by Gasteiger charge is -2.22. The Morgan fingerprint density at radius 1 is 1.04 bits per heavy atom. The molecule has 1 aliphatic heterocycles. The van der Waals surface area contributed by atoms with Crippen LogP contribution in [-0.2, 0) is 24.9 Å². The largest absolute Gasteiger partial charge is 0.465 e. The van der Waals surface area contributed by atoms with Gasteiger partial charge in [-0.25, -0.2) is 4.79 Å². The number of hydrogen-bond acceptors (Lipinski definition) is 5. The predicted molar refractivity (Wildman–Crippen MR) is 106 cm³/mol. The number of ether oxygens (including phenoxy) is 1. The zero-order chi connectivity index (χ0) is 19.4. The zero-order valence-electron chi connectivity index (χ0n) is 16.9. The minimum atomic E-state index is -0.236. The van der Waals surface area contributed by atoms with Crippen LogP contribution in [0.25, 0.3) is 0 Å². The second-order valence-electron chi connectivity index (χ2n) is 7.34. The van der Waals surface area contributed by atoms with E-state index in [-0.39, 0.29) is 5.97 Å². The first-order chi connectivity index (χ1) is 13.0. The Kier molecular flexibility index (Phi) is 6.29. The highest BCUT2D eigenvalue weighted by molar-refractivity contribution is 5.93. The summed E-state index contributed by atoms with van der Waals surface area (Å²) in [5.74, 6) is -0.236. The average molecular weight is 370 g/mol. The van der Waals surface area contributed by atoms with Crippen molar-refractivity contribution in [2.24, 2.45) is 7.05 Å². The van der Waals surface area contributed by atoms with E-state index in [2.05, 4.69) is 38.4 Å². The van der Waals surface area contributed by atoms with Gasteiger partial charge >= 0.3 is 5.97 Å². The maximum Gasteiger partial charge on any atom is 0.340 e.